The van der Waals surface area contributed by atoms with E-state index in [-0.39, 0.29) is 5.78 Å². The van der Waals surface area contributed by atoms with Gasteiger partial charge in [-0.15, -0.1) is 0 Å². The van der Waals surface area contributed by atoms with Gasteiger partial charge in [-0.2, -0.15) is 0 Å². The van der Waals surface area contributed by atoms with Crippen LogP contribution in [0.3, 0.4) is 0 Å². The minimum Gasteiger partial charge on any atom is -0.377 e. The van der Waals surface area contributed by atoms with Gasteiger partial charge >= 0.3 is 0 Å². The highest BCUT2D eigenvalue weighted by Gasteiger charge is 1.96. The number of hydrogen-bond donors (Lipinski definition) is 0. The second kappa shape index (κ2) is 7.83. The van der Waals surface area contributed by atoms with E-state index in [1.807, 2.05) is 30.3 Å². The quantitative estimate of drug-likeness (QED) is 0.495. The van der Waals surface area contributed by atoms with Gasteiger partial charge in [-0.3, -0.25) is 4.79 Å². The van der Waals surface area contributed by atoms with Crippen molar-refractivity contribution in [3.05, 3.63) is 48.6 Å². The zero-order chi connectivity index (χ0) is 11.6. The fourth-order valence-electron chi connectivity index (χ4n) is 1.37. The van der Waals surface area contributed by atoms with Crippen molar-refractivity contribution in [2.24, 2.45) is 0 Å². The molecule has 2 nitrogen and oxygen atoms in total. The van der Waals surface area contributed by atoms with Crippen LogP contribution in [0.2, 0.25) is 0 Å². The highest BCUT2D eigenvalue weighted by Crippen LogP contribution is 2.02. The third-order valence-corrected chi connectivity index (χ3v) is 2.30. The Morgan fingerprint density at radius 2 is 2.00 bits per heavy atom. The highest BCUT2D eigenvalue weighted by molar-refractivity contribution is 5.88. The number of carbonyl (C=O) groups is 1. The monoisotopic (exact) mass is 218 g/mol. The van der Waals surface area contributed by atoms with E-state index in [4.69, 9.17) is 4.74 Å². The second-order valence-electron chi connectivity index (χ2n) is 3.67. The van der Waals surface area contributed by atoms with Crippen LogP contribution in [0.25, 0.3) is 0 Å². The summed E-state index contributed by atoms with van der Waals surface area (Å²) in [6, 6.07) is 10.1. The van der Waals surface area contributed by atoms with Gasteiger partial charge in [-0.25, -0.2) is 0 Å². The fourth-order valence-corrected chi connectivity index (χ4v) is 1.37. The van der Waals surface area contributed by atoms with Crippen molar-refractivity contribution in [3.63, 3.8) is 0 Å². The molecule has 0 aromatic heterocycles. The van der Waals surface area contributed by atoms with Crippen LogP contribution in [0.4, 0.5) is 0 Å². The van der Waals surface area contributed by atoms with E-state index in [0.717, 1.165) is 12.8 Å². The van der Waals surface area contributed by atoms with Crippen molar-refractivity contribution < 1.29 is 9.53 Å². The Balaban J connectivity index is 2.00. The second-order valence-corrected chi connectivity index (χ2v) is 3.67. The zero-order valence-electron chi connectivity index (χ0n) is 9.52. The van der Waals surface area contributed by atoms with E-state index in [9.17, 15) is 4.79 Å². The van der Waals surface area contributed by atoms with Crippen LogP contribution in [0.1, 0.15) is 24.8 Å². The van der Waals surface area contributed by atoms with E-state index in [1.54, 1.807) is 0 Å². The first-order valence-electron chi connectivity index (χ1n) is 5.60. The van der Waals surface area contributed by atoms with Gasteiger partial charge in [-0.1, -0.05) is 36.9 Å². The molecule has 0 saturated carbocycles. The van der Waals surface area contributed by atoms with Crippen LogP contribution < -0.4 is 0 Å². The van der Waals surface area contributed by atoms with E-state index < -0.39 is 0 Å². The summed E-state index contributed by atoms with van der Waals surface area (Å²) < 4.78 is 5.50. The van der Waals surface area contributed by atoms with Crippen LogP contribution >= 0.6 is 0 Å². The molecule has 0 amide bonds. The SMILES string of the molecule is C=CC(=O)CCCCOCc1ccccc1. The molecule has 16 heavy (non-hydrogen) atoms. The fraction of sp³-hybridized carbons (Fsp3) is 0.357. The Hall–Kier alpha value is -1.41. The predicted molar refractivity (Wildman–Crippen MR) is 65.2 cm³/mol. The van der Waals surface area contributed by atoms with Crippen molar-refractivity contribution in [2.45, 2.75) is 25.9 Å². The average molecular weight is 218 g/mol. The largest absolute Gasteiger partial charge is 0.377 e. The maximum Gasteiger partial charge on any atom is 0.155 e. The first kappa shape index (κ1) is 12.7. The molecule has 0 spiro atoms. The predicted octanol–water partition coefficient (Wildman–Crippen LogP) is 3.13. The third-order valence-electron chi connectivity index (χ3n) is 2.30. The summed E-state index contributed by atoms with van der Waals surface area (Å²) in [5.74, 6) is 0.114. The van der Waals surface area contributed by atoms with Gasteiger partial charge in [-0.05, 0) is 24.5 Å². The van der Waals surface area contributed by atoms with Crippen LogP contribution in [-0.4, -0.2) is 12.4 Å². The molecule has 0 heterocycles. The number of benzene rings is 1. The molecular formula is C14H18O2. The number of ether oxygens (including phenoxy) is 1. The standard InChI is InChI=1S/C14H18O2/c1-2-14(15)10-6-7-11-16-12-13-8-4-3-5-9-13/h2-5,8-9H,1,6-7,10-12H2. The van der Waals surface area contributed by atoms with E-state index >= 15 is 0 Å². The van der Waals surface area contributed by atoms with E-state index in [2.05, 4.69) is 6.58 Å². The Kier molecular flexibility index (Phi) is 6.19. The van der Waals surface area contributed by atoms with Gasteiger partial charge in [0.25, 0.3) is 0 Å². The minimum atomic E-state index is 0.114. The molecule has 2 heteroatoms. The number of carbonyl (C=O) groups excluding carboxylic acids is 1. The molecule has 0 fully saturated rings. The highest BCUT2D eigenvalue weighted by atomic mass is 16.5. The van der Waals surface area contributed by atoms with Gasteiger partial charge in [0, 0.05) is 13.0 Å². The molecule has 0 aliphatic heterocycles. The summed E-state index contributed by atoms with van der Waals surface area (Å²) in [6.45, 7) is 4.79. The first-order chi connectivity index (χ1) is 7.83. The molecule has 86 valence electrons. The molecule has 0 N–H and O–H groups in total. The van der Waals surface area contributed by atoms with Crippen molar-refractivity contribution in [1.82, 2.24) is 0 Å². The maximum absolute atomic E-state index is 10.9. The number of allylic oxidation sites excluding steroid dienone is 1. The lowest BCUT2D eigenvalue weighted by Gasteiger charge is -2.03. The zero-order valence-corrected chi connectivity index (χ0v) is 9.52. The van der Waals surface area contributed by atoms with Crippen molar-refractivity contribution in [1.29, 1.82) is 0 Å². The lowest BCUT2D eigenvalue weighted by atomic mass is 10.2. The summed E-state index contributed by atoms with van der Waals surface area (Å²) in [7, 11) is 0. The Morgan fingerprint density at radius 1 is 1.25 bits per heavy atom. The van der Waals surface area contributed by atoms with Crippen molar-refractivity contribution in [3.8, 4) is 0 Å². The van der Waals surface area contributed by atoms with Crippen molar-refractivity contribution in [2.75, 3.05) is 6.61 Å². The van der Waals surface area contributed by atoms with Gasteiger partial charge < -0.3 is 4.74 Å². The molecule has 1 aromatic carbocycles. The third kappa shape index (κ3) is 5.47. The van der Waals surface area contributed by atoms with Gasteiger partial charge in [0.15, 0.2) is 5.78 Å². The summed E-state index contributed by atoms with van der Waals surface area (Å²) in [5, 5.41) is 0. The normalized spacial score (nSPS) is 10.0. The first-order valence-corrected chi connectivity index (χ1v) is 5.60. The maximum atomic E-state index is 10.9. The van der Waals surface area contributed by atoms with Gasteiger partial charge in [0.2, 0.25) is 0 Å². The Bertz CT molecular complexity index is 317. The lowest BCUT2D eigenvalue weighted by molar-refractivity contribution is -0.114. The Labute approximate surface area is 96.9 Å². The number of ketones is 1. The van der Waals surface area contributed by atoms with Gasteiger partial charge in [0.05, 0.1) is 6.61 Å². The molecule has 1 rings (SSSR count). The average Bonchev–Trinajstić information content (AvgIpc) is 2.34. The smallest absolute Gasteiger partial charge is 0.155 e. The molecule has 0 bridgehead atoms. The van der Waals surface area contributed by atoms with Crippen LogP contribution in [0.15, 0.2) is 43.0 Å². The molecule has 0 saturated heterocycles. The number of hydrogen-bond acceptors (Lipinski definition) is 2. The molecule has 0 unspecified atom stereocenters. The van der Waals surface area contributed by atoms with Crippen LogP contribution in [-0.2, 0) is 16.1 Å². The van der Waals surface area contributed by atoms with Crippen LogP contribution in [0.5, 0.6) is 0 Å². The van der Waals surface area contributed by atoms with E-state index in [0.29, 0.717) is 19.6 Å². The Morgan fingerprint density at radius 3 is 2.69 bits per heavy atom. The van der Waals surface area contributed by atoms with E-state index in [1.165, 1.54) is 11.6 Å². The molecule has 0 aliphatic rings. The topological polar surface area (TPSA) is 26.3 Å². The minimum absolute atomic E-state index is 0.114. The molecule has 0 atom stereocenters. The summed E-state index contributed by atoms with van der Waals surface area (Å²) in [4.78, 5) is 10.9. The molecule has 0 radical (unpaired) electrons. The van der Waals surface area contributed by atoms with Crippen LogP contribution in [0, 0.1) is 0 Å². The molecule has 1 aromatic rings. The van der Waals surface area contributed by atoms with Gasteiger partial charge in [0.1, 0.15) is 0 Å². The summed E-state index contributed by atoms with van der Waals surface area (Å²) >= 11 is 0. The summed E-state index contributed by atoms with van der Waals surface area (Å²) in [6.07, 6.45) is 3.76. The number of unbranched alkanes of at least 4 members (excludes halogenated alkanes) is 1. The summed E-state index contributed by atoms with van der Waals surface area (Å²) in [5.41, 5.74) is 1.18. The molecule has 0 aliphatic carbocycles. The number of rotatable bonds is 8. The molecular weight excluding hydrogens is 200 g/mol. The van der Waals surface area contributed by atoms with Crippen molar-refractivity contribution >= 4 is 5.78 Å². The lowest BCUT2D eigenvalue weighted by Crippen LogP contribution is -1.97.